The Bertz CT molecular complexity index is 581. The number of nitrogens with zero attached hydrogens (tertiary/aromatic N) is 2. The zero-order chi connectivity index (χ0) is 15.6. The van der Waals surface area contributed by atoms with Crippen LogP contribution in [-0.4, -0.2) is 10.2 Å². The Hall–Kier alpha value is -0.350. The molecule has 0 saturated heterocycles. The molecule has 1 aliphatic rings. The Labute approximate surface area is 143 Å². The quantitative estimate of drug-likeness (QED) is 0.351. The van der Waals surface area contributed by atoms with Gasteiger partial charge in [-0.25, -0.2) is 0 Å². The SMILES string of the molecule is Cc1c(Cl)cc(Cl)cc1N=NC(Cl)(Cl)C(=O)C1CCCC1. The zero-order valence-electron chi connectivity index (χ0n) is 11.4. The number of azo groups is 1. The molecule has 0 bridgehead atoms. The van der Waals surface area contributed by atoms with Crippen LogP contribution in [0.2, 0.25) is 10.0 Å². The van der Waals surface area contributed by atoms with Gasteiger partial charge in [-0.05, 0) is 37.5 Å². The molecule has 0 spiro atoms. The highest BCUT2D eigenvalue weighted by molar-refractivity contribution is 6.58. The molecule has 1 fully saturated rings. The highest BCUT2D eigenvalue weighted by atomic mass is 35.5. The maximum absolute atomic E-state index is 12.2. The van der Waals surface area contributed by atoms with Crippen LogP contribution < -0.4 is 0 Å². The second kappa shape index (κ2) is 6.82. The standard InChI is InChI=1S/C14H14Cl4N2O/c1-8-11(16)6-10(15)7-12(8)19-20-14(17,18)13(21)9-4-2-3-5-9/h6-7,9H,2-5H2,1H3. The molecule has 0 aliphatic heterocycles. The molecule has 0 heterocycles. The summed E-state index contributed by atoms with van der Waals surface area (Å²) in [7, 11) is 0. The van der Waals surface area contributed by atoms with Gasteiger partial charge in [0.05, 0.1) is 5.69 Å². The average Bonchev–Trinajstić information content (AvgIpc) is 2.94. The lowest BCUT2D eigenvalue weighted by atomic mass is 10.0. The fourth-order valence-electron chi connectivity index (χ4n) is 2.34. The fourth-order valence-corrected chi connectivity index (χ4v) is 3.20. The number of hydrogen-bond acceptors (Lipinski definition) is 3. The van der Waals surface area contributed by atoms with Gasteiger partial charge in [-0.2, -0.15) is 5.11 Å². The Kier molecular flexibility index (Phi) is 5.53. The topological polar surface area (TPSA) is 41.8 Å². The molecule has 1 saturated carbocycles. The molecule has 0 radical (unpaired) electrons. The molecule has 0 amide bonds. The van der Waals surface area contributed by atoms with Crippen molar-refractivity contribution >= 4 is 57.9 Å². The molecular formula is C14H14Cl4N2O. The Morgan fingerprint density at radius 1 is 1.24 bits per heavy atom. The summed E-state index contributed by atoms with van der Waals surface area (Å²) in [6, 6.07) is 3.20. The summed E-state index contributed by atoms with van der Waals surface area (Å²) in [5.41, 5.74) is 1.14. The van der Waals surface area contributed by atoms with Gasteiger partial charge in [0.2, 0.25) is 0 Å². The number of alkyl halides is 2. The number of hydrogen-bond donors (Lipinski definition) is 0. The highest BCUT2D eigenvalue weighted by Gasteiger charge is 2.40. The number of rotatable bonds is 4. The first kappa shape index (κ1) is 17.0. The van der Waals surface area contributed by atoms with Crippen LogP contribution in [0.3, 0.4) is 0 Å². The smallest absolute Gasteiger partial charge is 0.286 e. The minimum absolute atomic E-state index is 0.136. The molecule has 7 heteroatoms. The fraction of sp³-hybridized carbons (Fsp3) is 0.500. The van der Waals surface area contributed by atoms with Gasteiger partial charge in [-0.15, -0.1) is 5.11 Å². The van der Waals surface area contributed by atoms with Gasteiger partial charge < -0.3 is 0 Å². The third-order valence-electron chi connectivity index (χ3n) is 3.59. The molecule has 0 atom stereocenters. The van der Waals surface area contributed by atoms with Crippen LogP contribution in [-0.2, 0) is 4.79 Å². The van der Waals surface area contributed by atoms with Crippen molar-refractivity contribution in [2.45, 2.75) is 37.1 Å². The summed E-state index contributed by atoms with van der Waals surface area (Å²) in [5.74, 6) is -0.430. The van der Waals surface area contributed by atoms with E-state index in [1.807, 2.05) is 0 Å². The van der Waals surface area contributed by atoms with Crippen LogP contribution in [0.1, 0.15) is 31.2 Å². The van der Waals surface area contributed by atoms with Crippen LogP contribution >= 0.6 is 46.4 Å². The van der Waals surface area contributed by atoms with E-state index in [4.69, 9.17) is 46.4 Å². The lowest BCUT2D eigenvalue weighted by Crippen LogP contribution is -2.29. The molecule has 1 aliphatic carbocycles. The normalized spacial score (nSPS) is 16.8. The van der Waals surface area contributed by atoms with Gasteiger partial charge in [0.15, 0.2) is 5.78 Å². The van der Waals surface area contributed by atoms with Crippen LogP contribution in [0.25, 0.3) is 0 Å². The molecule has 1 aromatic carbocycles. The summed E-state index contributed by atoms with van der Waals surface area (Å²) >= 11 is 24.0. The average molecular weight is 368 g/mol. The second-order valence-electron chi connectivity index (χ2n) is 5.12. The van der Waals surface area contributed by atoms with Gasteiger partial charge in [-0.3, -0.25) is 4.79 Å². The summed E-state index contributed by atoms with van der Waals surface area (Å²) in [5, 5.41) is 8.66. The Morgan fingerprint density at radius 3 is 2.48 bits per heavy atom. The maximum Gasteiger partial charge on any atom is 0.286 e. The van der Waals surface area contributed by atoms with E-state index < -0.39 is 4.46 Å². The van der Waals surface area contributed by atoms with E-state index in [0.717, 1.165) is 25.7 Å². The van der Waals surface area contributed by atoms with Crippen molar-refractivity contribution in [1.82, 2.24) is 0 Å². The predicted octanol–water partition coefficient (Wildman–Crippen LogP) is 6.28. The summed E-state index contributed by atoms with van der Waals surface area (Å²) < 4.78 is -1.86. The third kappa shape index (κ3) is 4.10. The monoisotopic (exact) mass is 366 g/mol. The first-order valence-electron chi connectivity index (χ1n) is 6.62. The van der Waals surface area contributed by atoms with E-state index in [9.17, 15) is 4.79 Å². The van der Waals surface area contributed by atoms with Crippen LogP contribution in [0.4, 0.5) is 5.69 Å². The lowest BCUT2D eigenvalue weighted by molar-refractivity contribution is -0.123. The van der Waals surface area contributed by atoms with E-state index in [0.29, 0.717) is 21.3 Å². The van der Waals surface area contributed by atoms with Crippen molar-refractivity contribution in [1.29, 1.82) is 0 Å². The number of halogens is 4. The second-order valence-corrected chi connectivity index (χ2v) is 7.25. The molecule has 0 N–H and O–H groups in total. The lowest BCUT2D eigenvalue weighted by Gasteiger charge is -2.16. The maximum atomic E-state index is 12.2. The van der Waals surface area contributed by atoms with Gasteiger partial charge in [0, 0.05) is 16.0 Å². The van der Waals surface area contributed by atoms with E-state index in [2.05, 4.69) is 10.2 Å². The minimum atomic E-state index is -1.86. The van der Waals surface area contributed by atoms with Crippen molar-refractivity contribution < 1.29 is 4.79 Å². The van der Waals surface area contributed by atoms with Crippen molar-refractivity contribution in [2.24, 2.45) is 16.1 Å². The van der Waals surface area contributed by atoms with Gasteiger partial charge in [0.1, 0.15) is 0 Å². The Balaban J connectivity index is 2.21. The van der Waals surface area contributed by atoms with Crippen molar-refractivity contribution in [3.05, 3.63) is 27.7 Å². The zero-order valence-corrected chi connectivity index (χ0v) is 14.4. The van der Waals surface area contributed by atoms with E-state index in [-0.39, 0.29) is 11.7 Å². The first-order valence-corrected chi connectivity index (χ1v) is 8.13. The van der Waals surface area contributed by atoms with Crippen molar-refractivity contribution in [3.63, 3.8) is 0 Å². The van der Waals surface area contributed by atoms with Crippen LogP contribution in [0.15, 0.2) is 22.4 Å². The molecule has 114 valence electrons. The molecule has 2 rings (SSSR count). The van der Waals surface area contributed by atoms with E-state index in [1.54, 1.807) is 19.1 Å². The van der Waals surface area contributed by atoms with Crippen molar-refractivity contribution in [2.75, 3.05) is 0 Å². The number of benzene rings is 1. The Morgan fingerprint density at radius 2 is 1.86 bits per heavy atom. The molecule has 0 unspecified atom stereocenters. The van der Waals surface area contributed by atoms with Crippen LogP contribution in [0.5, 0.6) is 0 Å². The van der Waals surface area contributed by atoms with Crippen LogP contribution in [0, 0.1) is 12.8 Å². The number of Topliss-reactive ketones (excluding diaryl/α,β-unsaturated/α-hetero) is 1. The molecule has 1 aromatic rings. The summed E-state index contributed by atoms with van der Waals surface area (Å²) in [4.78, 5) is 12.2. The van der Waals surface area contributed by atoms with Gasteiger partial charge in [-0.1, -0.05) is 59.2 Å². The first-order chi connectivity index (χ1) is 9.81. The summed E-state index contributed by atoms with van der Waals surface area (Å²) in [6.07, 6.45) is 3.63. The summed E-state index contributed by atoms with van der Waals surface area (Å²) in [6.45, 7) is 1.77. The predicted molar refractivity (Wildman–Crippen MR) is 87.1 cm³/mol. The molecule has 0 aromatic heterocycles. The minimum Gasteiger partial charge on any atom is -0.294 e. The number of carbonyl (C=O) groups is 1. The van der Waals surface area contributed by atoms with Gasteiger partial charge in [0.25, 0.3) is 4.46 Å². The molecule has 21 heavy (non-hydrogen) atoms. The van der Waals surface area contributed by atoms with Gasteiger partial charge >= 0.3 is 0 Å². The van der Waals surface area contributed by atoms with E-state index in [1.165, 1.54) is 0 Å². The number of ketones is 1. The van der Waals surface area contributed by atoms with E-state index >= 15 is 0 Å². The third-order valence-corrected chi connectivity index (χ3v) is 4.72. The molecule has 3 nitrogen and oxygen atoms in total. The molecular weight excluding hydrogens is 354 g/mol. The van der Waals surface area contributed by atoms with Crippen molar-refractivity contribution in [3.8, 4) is 0 Å². The number of carbonyl (C=O) groups excluding carboxylic acids is 1. The highest BCUT2D eigenvalue weighted by Crippen LogP contribution is 2.37. The largest absolute Gasteiger partial charge is 0.294 e.